The van der Waals surface area contributed by atoms with Crippen molar-refractivity contribution in [2.24, 2.45) is 0 Å². The molecule has 0 aliphatic rings. The predicted octanol–water partition coefficient (Wildman–Crippen LogP) is 10.7. The van der Waals surface area contributed by atoms with Gasteiger partial charge in [0.2, 0.25) is 0 Å². The van der Waals surface area contributed by atoms with Crippen molar-refractivity contribution < 1.29 is 19.1 Å². The van der Waals surface area contributed by atoms with E-state index >= 15 is 0 Å². The van der Waals surface area contributed by atoms with Gasteiger partial charge < -0.3 is 15.0 Å². The molecule has 0 saturated carbocycles. The van der Waals surface area contributed by atoms with Gasteiger partial charge in [-0.2, -0.15) is 0 Å². The molecule has 1 amide bonds. The molecule has 7 heteroatoms. The Kier molecular flexibility index (Phi) is 32.5. The van der Waals surface area contributed by atoms with Gasteiger partial charge in [-0.25, -0.2) is 0 Å². The van der Waals surface area contributed by atoms with Gasteiger partial charge in [0.1, 0.15) is 12.6 Å². The van der Waals surface area contributed by atoms with E-state index in [1.165, 1.54) is 127 Å². The molecule has 0 aliphatic carbocycles. The van der Waals surface area contributed by atoms with Gasteiger partial charge in [-0.1, -0.05) is 167 Å². The Hall–Kier alpha value is -1.08. The second-order valence-corrected chi connectivity index (χ2v) is 14.1. The van der Waals surface area contributed by atoms with Gasteiger partial charge in [0.15, 0.2) is 5.78 Å². The van der Waals surface area contributed by atoms with Crippen molar-refractivity contribution in [1.82, 2.24) is 10.2 Å². The van der Waals surface area contributed by atoms with Gasteiger partial charge in [0, 0.05) is 25.1 Å². The highest BCUT2D eigenvalue weighted by Crippen LogP contribution is 2.15. The first kappa shape index (κ1) is 42.9. The second-order valence-electron chi connectivity index (χ2n) is 13.1. The molecule has 0 radical (unpaired) electrons. The number of rotatable bonds is 33. The molecule has 0 aromatic carbocycles. The maximum absolute atomic E-state index is 13.0. The standard InChI is InChI=1S/C37H72N2O4S/c1-5-7-9-11-13-15-17-18-20-21-23-25-27-29-35(40)34(38-37(42)44-32-31-39(3)4)33-43-36(41)30-28-26-24-22-19-16-14-12-10-8-6-2/h34H,5-33H2,1-4H3,(H,38,42)/t34-/m0/s1. The summed E-state index contributed by atoms with van der Waals surface area (Å²) in [5.41, 5.74) is 0. The second kappa shape index (κ2) is 33.3. The topological polar surface area (TPSA) is 75.7 Å². The van der Waals surface area contributed by atoms with Crippen molar-refractivity contribution in [3.05, 3.63) is 0 Å². The van der Waals surface area contributed by atoms with Crippen molar-refractivity contribution in [3.63, 3.8) is 0 Å². The van der Waals surface area contributed by atoms with E-state index < -0.39 is 6.04 Å². The minimum Gasteiger partial charge on any atom is -0.463 e. The molecule has 260 valence electrons. The number of hydrogen-bond donors (Lipinski definition) is 1. The molecule has 0 fully saturated rings. The number of nitrogens with zero attached hydrogens (tertiary/aromatic N) is 1. The van der Waals surface area contributed by atoms with E-state index in [1.54, 1.807) is 0 Å². The normalized spacial score (nSPS) is 12.0. The molecule has 0 rings (SSSR count). The van der Waals surface area contributed by atoms with Crippen LogP contribution >= 0.6 is 11.8 Å². The summed E-state index contributed by atoms with van der Waals surface area (Å²) in [6.07, 6.45) is 30.7. The van der Waals surface area contributed by atoms with Gasteiger partial charge in [0.05, 0.1) is 0 Å². The summed E-state index contributed by atoms with van der Waals surface area (Å²) in [5.74, 6) is 0.350. The number of esters is 1. The fourth-order valence-electron chi connectivity index (χ4n) is 5.39. The van der Waals surface area contributed by atoms with Crippen LogP contribution in [-0.2, 0) is 14.3 Å². The molecule has 0 spiro atoms. The monoisotopic (exact) mass is 641 g/mol. The Balaban J connectivity index is 4.21. The van der Waals surface area contributed by atoms with Crippen LogP contribution in [0, 0.1) is 0 Å². The zero-order valence-electron chi connectivity index (χ0n) is 29.6. The number of ketones is 1. The number of carbonyl (C=O) groups excluding carboxylic acids is 3. The molecular formula is C37H72N2O4S. The molecule has 0 unspecified atom stereocenters. The fourth-order valence-corrected chi connectivity index (χ4v) is 6.26. The van der Waals surface area contributed by atoms with Crippen LogP contribution in [0.5, 0.6) is 0 Å². The van der Waals surface area contributed by atoms with E-state index in [9.17, 15) is 14.4 Å². The van der Waals surface area contributed by atoms with Crippen LogP contribution in [-0.4, -0.2) is 60.9 Å². The number of nitrogens with one attached hydrogen (secondary N) is 1. The highest BCUT2D eigenvalue weighted by molar-refractivity contribution is 8.13. The zero-order chi connectivity index (χ0) is 32.5. The number of thioether (sulfide) groups is 1. The lowest BCUT2D eigenvalue weighted by Gasteiger charge is -2.18. The summed E-state index contributed by atoms with van der Waals surface area (Å²) in [5, 5.41) is 2.61. The van der Waals surface area contributed by atoms with Gasteiger partial charge in [0.25, 0.3) is 5.24 Å². The Morgan fingerprint density at radius 3 is 1.39 bits per heavy atom. The average molecular weight is 641 g/mol. The number of carbonyl (C=O) groups is 3. The number of amides is 1. The number of hydrogen-bond acceptors (Lipinski definition) is 6. The Labute approximate surface area is 277 Å². The van der Waals surface area contributed by atoms with Crippen molar-refractivity contribution >= 4 is 28.8 Å². The summed E-state index contributed by atoms with van der Waals surface area (Å²) in [6.45, 7) is 5.23. The summed E-state index contributed by atoms with van der Waals surface area (Å²) in [4.78, 5) is 39.9. The van der Waals surface area contributed by atoms with E-state index in [0.29, 0.717) is 18.6 Å². The van der Waals surface area contributed by atoms with Crippen LogP contribution in [0.2, 0.25) is 0 Å². The predicted molar refractivity (Wildman–Crippen MR) is 191 cm³/mol. The molecule has 6 nitrogen and oxygen atoms in total. The van der Waals surface area contributed by atoms with E-state index in [1.807, 2.05) is 19.0 Å². The van der Waals surface area contributed by atoms with Crippen LogP contribution in [0.4, 0.5) is 4.79 Å². The van der Waals surface area contributed by atoms with Crippen LogP contribution in [0.25, 0.3) is 0 Å². The largest absolute Gasteiger partial charge is 0.463 e. The summed E-state index contributed by atoms with van der Waals surface area (Å²) in [7, 11) is 3.94. The Morgan fingerprint density at radius 2 is 0.977 bits per heavy atom. The molecule has 1 N–H and O–H groups in total. The SMILES string of the molecule is CCCCCCCCCCCCCCCC(=O)[C@H](COC(=O)CCCCCCCCCCCCC)NC(=O)SCCN(C)C. The third-order valence-corrected chi connectivity index (χ3v) is 9.14. The molecule has 0 aromatic rings. The number of ether oxygens (including phenoxy) is 1. The first-order valence-corrected chi connectivity index (χ1v) is 19.7. The molecular weight excluding hydrogens is 568 g/mol. The summed E-state index contributed by atoms with van der Waals surface area (Å²) < 4.78 is 5.49. The lowest BCUT2D eigenvalue weighted by Crippen LogP contribution is -2.43. The van der Waals surface area contributed by atoms with Gasteiger partial charge in [-0.3, -0.25) is 14.4 Å². The van der Waals surface area contributed by atoms with Gasteiger partial charge in [-0.15, -0.1) is 0 Å². The quantitative estimate of drug-likeness (QED) is 0.0568. The van der Waals surface area contributed by atoms with E-state index in [0.717, 1.165) is 45.1 Å². The van der Waals surface area contributed by atoms with Crippen molar-refractivity contribution in [1.29, 1.82) is 0 Å². The maximum atomic E-state index is 13.0. The molecule has 0 saturated heterocycles. The third-order valence-electron chi connectivity index (χ3n) is 8.37. The van der Waals surface area contributed by atoms with Crippen molar-refractivity contribution in [2.45, 2.75) is 187 Å². The number of unbranched alkanes of at least 4 members (excludes halogenated alkanes) is 22. The van der Waals surface area contributed by atoms with Crippen LogP contribution in [0.15, 0.2) is 0 Å². The smallest absolute Gasteiger partial charge is 0.305 e. The molecule has 0 aliphatic heterocycles. The third kappa shape index (κ3) is 30.9. The van der Waals surface area contributed by atoms with Crippen LogP contribution in [0.1, 0.15) is 181 Å². The lowest BCUT2D eigenvalue weighted by atomic mass is 10.0. The minimum atomic E-state index is -0.757. The zero-order valence-corrected chi connectivity index (χ0v) is 30.4. The minimum absolute atomic E-state index is 0.0304. The van der Waals surface area contributed by atoms with Crippen LogP contribution < -0.4 is 5.32 Å². The highest BCUT2D eigenvalue weighted by atomic mass is 32.2. The van der Waals surface area contributed by atoms with E-state index in [2.05, 4.69) is 19.2 Å². The lowest BCUT2D eigenvalue weighted by molar-refractivity contribution is -0.145. The molecule has 1 atom stereocenters. The van der Waals surface area contributed by atoms with Gasteiger partial charge >= 0.3 is 5.97 Å². The fraction of sp³-hybridized carbons (Fsp3) is 0.919. The van der Waals surface area contributed by atoms with E-state index in [-0.39, 0.29) is 23.6 Å². The Morgan fingerprint density at radius 1 is 0.591 bits per heavy atom. The Bertz CT molecular complexity index is 674. The summed E-state index contributed by atoms with van der Waals surface area (Å²) >= 11 is 1.18. The maximum Gasteiger partial charge on any atom is 0.305 e. The summed E-state index contributed by atoms with van der Waals surface area (Å²) in [6, 6.07) is -0.757. The molecule has 0 heterocycles. The molecule has 44 heavy (non-hydrogen) atoms. The van der Waals surface area contributed by atoms with Crippen LogP contribution in [0.3, 0.4) is 0 Å². The molecule has 0 bridgehead atoms. The van der Waals surface area contributed by atoms with Crippen molar-refractivity contribution in [3.8, 4) is 0 Å². The average Bonchev–Trinajstić information content (AvgIpc) is 3.00. The van der Waals surface area contributed by atoms with Gasteiger partial charge in [-0.05, 0) is 26.9 Å². The van der Waals surface area contributed by atoms with E-state index in [4.69, 9.17) is 4.74 Å². The first-order valence-electron chi connectivity index (χ1n) is 18.7. The van der Waals surface area contributed by atoms with Crippen molar-refractivity contribution in [2.75, 3.05) is 33.0 Å². The first-order chi connectivity index (χ1) is 21.4. The number of Topliss-reactive ketones (excluding diaryl/α,β-unsaturated/α-hetero) is 1. The molecule has 0 aromatic heterocycles. The highest BCUT2D eigenvalue weighted by Gasteiger charge is 2.22.